The first-order valence-electron chi connectivity index (χ1n) is 8.83. The van der Waals surface area contributed by atoms with Crippen LogP contribution in [0.5, 0.6) is 0 Å². The van der Waals surface area contributed by atoms with E-state index in [0.29, 0.717) is 0 Å². The molecule has 1 amide bonds. The number of aryl methyl sites for hydroxylation is 1. The Balaban J connectivity index is 1.75. The van der Waals surface area contributed by atoms with Crippen molar-refractivity contribution in [3.63, 3.8) is 0 Å². The molecule has 1 saturated heterocycles. The van der Waals surface area contributed by atoms with Gasteiger partial charge in [0.05, 0.1) is 0 Å². The van der Waals surface area contributed by atoms with Gasteiger partial charge in [0.25, 0.3) is 0 Å². The highest BCUT2D eigenvalue weighted by Gasteiger charge is 2.20. The fourth-order valence-electron chi connectivity index (χ4n) is 3.76. The summed E-state index contributed by atoms with van der Waals surface area (Å²) >= 11 is 0. The van der Waals surface area contributed by atoms with Gasteiger partial charge in [0.1, 0.15) is 6.04 Å². The van der Waals surface area contributed by atoms with E-state index in [1.807, 2.05) is 0 Å². The molecular formula is C20H23N3O. The lowest BCUT2D eigenvalue weighted by Crippen LogP contribution is -2.37. The number of hydrogen-bond donors (Lipinski definition) is 2. The molecule has 0 aliphatic carbocycles. The van der Waals surface area contributed by atoms with Gasteiger partial charge in [0.15, 0.2) is 0 Å². The molecule has 4 heteroatoms. The van der Waals surface area contributed by atoms with Crippen LogP contribution in [-0.4, -0.2) is 23.1 Å². The lowest BCUT2D eigenvalue weighted by Gasteiger charge is -2.16. The van der Waals surface area contributed by atoms with E-state index in [-0.39, 0.29) is 11.9 Å². The first kappa shape index (κ1) is 15.1. The highest BCUT2D eigenvalue weighted by atomic mass is 16.2. The smallest absolute Gasteiger partial charge is 0.242 e. The van der Waals surface area contributed by atoms with Gasteiger partial charge in [-0.1, -0.05) is 18.2 Å². The Hall–Kier alpha value is -2.49. The number of aromatic nitrogens is 1. The third-order valence-electron chi connectivity index (χ3n) is 4.96. The third kappa shape index (κ3) is 2.52. The van der Waals surface area contributed by atoms with E-state index >= 15 is 0 Å². The van der Waals surface area contributed by atoms with Crippen LogP contribution in [0.2, 0.25) is 0 Å². The number of rotatable bonds is 3. The Kier molecular flexibility index (Phi) is 3.89. The number of nitrogens with zero attached hydrogens (tertiary/aromatic N) is 1. The van der Waals surface area contributed by atoms with Gasteiger partial charge in [0, 0.05) is 40.6 Å². The summed E-state index contributed by atoms with van der Waals surface area (Å²) in [5.74, 6) is 0.114. The van der Waals surface area contributed by atoms with Crippen LogP contribution >= 0.6 is 0 Å². The lowest BCUT2D eigenvalue weighted by molar-refractivity contribution is -0.121. The minimum absolute atomic E-state index is 0.114. The number of amides is 1. The topological polar surface area (TPSA) is 46.1 Å². The number of hydrogen-bond acceptors (Lipinski definition) is 2. The number of benzene rings is 2. The number of fused-ring (bicyclic) bond motifs is 3. The molecule has 1 aliphatic heterocycles. The molecule has 1 fully saturated rings. The highest BCUT2D eigenvalue weighted by molar-refractivity contribution is 6.09. The van der Waals surface area contributed by atoms with Crippen LogP contribution in [-0.2, 0) is 11.3 Å². The zero-order chi connectivity index (χ0) is 16.5. The maximum absolute atomic E-state index is 12.2. The van der Waals surface area contributed by atoms with Gasteiger partial charge in [-0.25, -0.2) is 0 Å². The quantitative estimate of drug-likeness (QED) is 0.768. The molecule has 0 saturated carbocycles. The predicted molar refractivity (Wildman–Crippen MR) is 99.4 cm³/mol. The van der Waals surface area contributed by atoms with E-state index in [2.05, 4.69) is 64.6 Å². The van der Waals surface area contributed by atoms with Crippen molar-refractivity contribution in [3.05, 3.63) is 42.5 Å². The standard InChI is InChI=1S/C20H23N3O/c1-2-23-18-9-4-3-7-15(18)16-13-14(10-11-19(16)23)22-17-8-5-6-12-21-20(17)24/h3-4,7,9-11,13,17,22H,2,5-6,8,12H2,1H3,(H,21,24). The molecule has 0 radical (unpaired) electrons. The van der Waals surface area contributed by atoms with Crippen molar-refractivity contribution in [3.8, 4) is 0 Å². The Morgan fingerprint density at radius 1 is 1.12 bits per heavy atom. The van der Waals surface area contributed by atoms with Crippen molar-refractivity contribution in [1.82, 2.24) is 9.88 Å². The van der Waals surface area contributed by atoms with Gasteiger partial charge in [-0.3, -0.25) is 4.79 Å². The van der Waals surface area contributed by atoms with Crippen molar-refractivity contribution >= 4 is 33.4 Å². The Morgan fingerprint density at radius 3 is 2.83 bits per heavy atom. The highest BCUT2D eigenvalue weighted by Crippen LogP contribution is 2.31. The molecule has 1 aliphatic rings. The molecule has 4 nitrogen and oxygen atoms in total. The molecule has 2 heterocycles. The number of carbonyl (C=O) groups excluding carboxylic acids is 1. The van der Waals surface area contributed by atoms with Crippen LogP contribution in [0.1, 0.15) is 26.2 Å². The second-order valence-electron chi connectivity index (χ2n) is 6.48. The summed E-state index contributed by atoms with van der Waals surface area (Å²) in [5, 5.41) is 8.93. The zero-order valence-electron chi connectivity index (χ0n) is 14.0. The van der Waals surface area contributed by atoms with Crippen LogP contribution in [0.25, 0.3) is 21.8 Å². The largest absolute Gasteiger partial charge is 0.374 e. The van der Waals surface area contributed by atoms with Crippen LogP contribution < -0.4 is 10.6 Å². The van der Waals surface area contributed by atoms with Crippen LogP contribution in [0.15, 0.2) is 42.5 Å². The van der Waals surface area contributed by atoms with Crippen molar-refractivity contribution < 1.29 is 4.79 Å². The first-order chi connectivity index (χ1) is 11.8. The summed E-state index contributed by atoms with van der Waals surface area (Å²) in [6.45, 7) is 3.91. The van der Waals surface area contributed by atoms with E-state index in [1.54, 1.807) is 0 Å². The maximum atomic E-state index is 12.2. The van der Waals surface area contributed by atoms with E-state index in [0.717, 1.165) is 38.0 Å². The molecule has 24 heavy (non-hydrogen) atoms. The summed E-state index contributed by atoms with van der Waals surface area (Å²) in [6, 6.07) is 14.8. The molecule has 1 aromatic heterocycles. The summed E-state index contributed by atoms with van der Waals surface area (Å²) in [6.07, 6.45) is 3.03. The molecule has 1 unspecified atom stereocenters. The number of para-hydroxylation sites is 1. The normalized spacial score (nSPS) is 18.5. The average molecular weight is 321 g/mol. The Labute approximate surface area is 141 Å². The summed E-state index contributed by atoms with van der Waals surface area (Å²) in [4.78, 5) is 12.2. The molecule has 2 N–H and O–H groups in total. The van der Waals surface area contributed by atoms with Crippen LogP contribution in [0.3, 0.4) is 0 Å². The molecule has 3 aromatic rings. The van der Waals surface area contributed by atoms with Crippen molar-refractivity contribution in [1.29, 1.82) is 0 Å². The van der Waals surface area contributed by atoms with Gasteiger partial charge < -0.3 is 15.2 Å². The van der Waals surface area contributed by atoms with Gasteiger partial charge >= 0.3 is 0 Å². The fourth-order valence-corrected chi connectivity index (χ4v) is 3.76. The van der Waals surface area contributed by atoms with Crippen molar-refractivity contribution in [2.75, 3.05) is 11.9 Å². The average Bonchev–Trinajstić information content (AvgIpc) is 2.79. The molecular weight excluding hydrogens is 298 g/mol. The fraction of sp³-hybridized carbons (Fsp3) is 0.350. The zero-order valence-corrected chi connectivity index (χ0v) is 14.0. The number of anilines is 1. The molecule has 124 valence electrons. The van der Waals surface area contributed by atoms with Crippen LogP contribution in [0, 0.1) is 0 Å². The third-order valence-corrected chi connectivity index (χ3v) is 4.96. The summed E-state index contributed by atoms with van der Waals surface area (Å²) in [5.41, 5.74) is 3.53. The Morgan fingerprint density at radius 2 is 1.96 bits per heavy atom. The predicted octanol–water partition coefficient (Wildman–Crippen LogP) is 3.90. The second-order valence-corrected chi connectivity index (χ2v) is 6.48. The van der Waals surface area contributed by atoms with Crippen molar-refractivity contribution in [2.45, 2.75) is 38.8 Å². The number of carbonyl (C=O) groups is 1. The molecule has 2 aromatic carbocycles. The monoisotopic (exact) mass is 321 g/mol. The number of nitrogens with one attached hydrogen (secondary N) is 2. The molecule has 1 atom stereocenters. The second kappa shape index (κ2) is 6.19. The first-order valence-corrected chi connectivity index (χ1v) is 8.83. The van der Waals surface area contributed by atoms with Gasteiger partial charge in [-0.2, -0.15) is 0 Å². The summed E-state index contributed by atoms with van der Waals surface area (Å²) < 4.78 is 2.34. The van der Waals surface area contributed by atoms with E-state index in [1.165, 1.54) is 21.8 Å². The van der Waals surface area contributed by atoms with E-state index in [9.17, 15) is 4.79 Å². The van der Waals surface area contributed by atoms with Gasteiger partial charge in [-0.05, 0) is 50.5 Å². The SMILES string of the molecule is CCn1c2ccccc2c2cc(NC3CCCCNC3=O)ccc21. The Bertz CT molecular complexity index is 896. The molecule has 0 spiro atoms. The van der Waals surface area contributed by atoms with E-state index < -0.39 is 0 Å². The minimum Gasteiger partial charge on any atom is -0.374 e. The maximum Gasteiger partial charge on any atom is 0.242 e. The van der Waals surface area contributed by atoms with E-state index in [4.69, 9.17) is 0 Å². The van der Waals surface area contributed by atoms with Gasteiger partial charge in [-0.15, -0.1) is 0 Å². The lowest BCUT2D eigenvalue weighted by atomic mass is 10.1. The molecule has 0 bridgehead atoms. The van der Waals surface area contributed by atoms with Crippen LogP contribution in [0.4, 0.5) is 5.69 Å². The molecule has 4 rings (SSSR count). The summed E-state index contributed by atoms with van der Waals surface area (Å²) in [7, 11) is 0. The minimum atomic E-state index is -0.135. The van der Waals surface area contributed by atoms with Gasteiger partial charge in [0.2, 0.25) is 5.91 Å². The van der Waals surface area contributed by atoms with Crippen molar-refractivity contribution in [2.24, 2.45) is 0 Å².